The van der Waals surface area contributed by atoms with Crippen LogP contribution >= 0.6 is 0 Å². The first kappa shape index (κ1) is 30.2. The van der Waals surface area contributed by atoms with Crippen LogP contribution in [0.2, 0.25) is 0 Å². The van der Waals surface area contributed by atoms with Gasteiger partial charge in [0, 0.05) is 17.0 Å². The van der Waals surface area contributed by atoms with E-state index >= 15 is 0 Å². The van der Waals surface area contributed by atoms with E-state index in [0.717, 1.165) is 57.4 Å². The third kappa shape index (κ3) is 6.50. The summed E-state index contributed by atoms with van der Waals surface area (Å²) < 4.78 is 6.29. The quantitative estimate of drug-likeness (QED) is 0.147. The minimum absolute atomic E-state index is 0.372. The van der Waals surface area contributed by atoms with Gasteiger partial charge in [0.2, 0.25) is 0 Å². The first-order chi connectivity index (χ1) is 21.2. The Labute approximate surface area is 262 Å². The number of hydrogen-bond acceptors (Lipinski definition) is 4. The SMILES string of the molecule is CC(C)(O)C(C)(C)OBc1ccc(-c2cc(-c3cccc(-c4ccccc4)c3)nc(C3CCCCCC3)n2)c2ccccc12. The molecule has 1 aliphatic carbocycles. The van der Waals surface area contributed by atoms with E-state index in [9.17, 15) is 5.11 Å². The molecular formula is C39H43BN2O2. The maximum atomic E-state index is 10.6. The highest BCUT2D eigenvalue weighted by Gasteiger charge is 2.35. The second-order valence-electron chi connectivity index (χ2n) is 13.3. The van der Waals surface area contributed by atoms with Gasteiger partial charge in [-0.2, -0.15) is 0 Å². The van der Waals surface area contributed by atoms with Crippen LogP contribution in [0.3, 0.4) is 0 Å². The zero-order chi connectivity index (χ0) is 30.7. The maximum Gasteiger partial charge on any atom is 0.310 e. The summed E-state index contributed by atoms with van der Waals surface area (Å²) in [5.41, 5.74) is 5.94. The lowest BCUT2D eigenvalue weighted by atomic mass is 9.79. The van der Waals surface area contributed by atoms with Crippen LogP contribution in [0.4, 0.5) is 0 Å². The molecule has 1 aromatic heterocycles. The Hall–Kier alpha value is -3.80. The number of fused-ring (bicyclic) bond motifs is 1. The van der Waals surface area contributed by atoms with Crippen molar-refractivity contribution in [1.29, 1.82) is 0 Å². The molecule has 0 aliphatic heterocycles. The summed E-state index contributed by atoms with van der Waals surface area (Å²) in [6.07, 6.45) is 7.33. The molecule has 0 saturated heterocycles. The molecule has 0 unspecified atom stereocenters. The fourth-order valence-electron chi connectivity index (χ4n) is 6.11. The van der Waals surface area contributed by atoms with Crippen molar-refractivity contribution in [3.05, 3.63) is 103 Å². The first-order valence-corrected chi connectivity index (χ1v) is 16.1. The van der Waals surface area contributed by atoms with Crippen LogP contribution in [-0.4, -0.2) is 33.8 Å². The zero-order valence-electron chi connectivity index (χ0n) is 26.5. The van der Waals surface area contributed by atoms with Crippen molar-refractivity contribution in [2.45, 2.75) is 83.3 Å². The molecule has 4 nitrogen and oxygen atoms in total. The molecule has 0 amide bonds. The Morgan fingerprint density at radius 1 is 0.659 bits per heavy atom. The maximum absolute atomic E-state index is 10.6. The highest BCUT2D eigenvalue weighted by Crippen LogP contribution is 2.35. The van der Waals surface area contributed by atoms with Crippen molar-refractivity contribution in [3.8, 4) is 33.6 Å². The molecule has 1 aliphatic rings. The Balaban J connectivity index is 1.45. The van der Waals surface area contributed by atoms with Crippen LogP contribution in [0.15, 0.2) is 97.1 Å². The average Bonchev–Trinajstić information content (AvgIpc) is 3.33. The standard InChI is InChI=1S/C39H43BN2O2/c1-38(2,43)39(3,4)44-40-34-24-23-33(31-21-12-13-22-32(31)34)36-26-35(41-37(42-36)28-17-8-5-6-9-18-28)30-20-14-19-29(25-30)27-15-10-7-11-16-27/h7,10-16,19-26,28,40,43H,5-6,8-9,17-18H2,1-4H3. The number of aromatic nitrogens is 2. The molecule has 1 saturated carbocycles. The first-order valence-electron chi connectivity index (χ1n) is 16.1. The molecule has 1 N–H and O–H groups in total. The van der Waals surface area contributed by atoms with Gasteiger partial charge in [-0.05, 0) is 80.0 Å². The summed E-state index contributed by atoms with van der Waals surface area (Å²) >= 11 is 0. The third-order valence-electron chi connectivity index (χ3n) is 9.58. The van der Waals surface area contributed by atoms with Crippen molar-refractivity contribution < 1.29 is 9.76 Å². The predicted molar refractivity (Wildman–Crippen MR) is 185 cm³/mol. The summed E-state index contributed by atoms with van der Waals surface area (Å²) in [7, 11) is 0.409. The smallest absolute Gasteiger partial charge is 0.310 e. The number of aliphatic hydroxyl groups is 1. The van der Waals surface area contributed by atoms with Crippen LogP contribution < -0.4 is 5.46 Å². The fourth-order valence-corrected chi connectivity index (χ4v) is 6.11. The number of hydrogen-bond donors (Lipinski definition) is 1. The Bertz CT molecular complexity index is 1740. The lowest BCUT2D eigenvalue weighted by molar-refractivity contribution is -0.0893. The highest BCUT2D eigenvalue weighted by molar-refractivity contribution is 6.51. The summed E-state index contributed by atoms with van der Waals surface area (Å²) in [4.78, 5) is 10.5. The van der Waals surface area contributed by atoms with Crippen molar-refractivity contribution in [2.75, 3.05) is 0 Å². The van der Waals surface area contributed by atoms with Gasteiger partial charge in [0.15, 0.2) is 0 Å². The molecule has 1 fully saturated rings. The van der Waals surface area contributed by atoms with Crippen molar-refractivity contribution in [3.63, 3.8) is 0 Å². The Morgan fingerprint density at radius 3 is 2.02 bits per heavy atom. The summed E-state index contributed by atoms with van der Waals surface area (Å²) in [6.45, 7) is 7.46. The molecule has 5 heteroatoms. The second kappa shape index (κ2) is 12.7. The molecule has 0 radical (unpaired) electrons. The van der Waals surface area contributed by atoms with Gasteiger partial charge in [-0.15, -0.1) is 0 Å². The highest BCUT2D eigenvalue weighted by atomic mass is 16.5. The molecule has 1 heterocycles. The second-order valence-corrected chi connectivity index (χ2v) is 13.3. The molecule has 44 heavy (non-hydrogen) atoms. The summed E-state index contributed by atoms with van der Waals surface area (Å²) in [5, 5.41) is 12.9. The number of rotatable bonds is 8. The van der Waals surface area contributed by atoms with E-state index in [4.69, 9.17) is 14.6 Å². The molecule has 224 valence electrons. The fraction of sp³-hybridized carbons (Fsp3) is 0.333. The van der Waals surface area contributed by atoms with E-state index in [1.54, 1.807) is 13.8 Å². The van der Waals surface area contributed by atoms with Gasteiger partial charge in [0.1, 0.15) is 5.82 Å². The Morgan fingerprint density at radius 2 is 1.30 bits per heavy atom. The third-order valence-corrected chi connectivity index (χ3v) is 9.58. The molecule has 6 rings (SSSR count). The van der Waals surface area contributed by atoms with E-state index in [1.165, 1.54) is 36.8 Å². The molecule has 5 aromatic rings. The van der Waals surface area contributed by atoms with Gasteiger partial charge in [0.25, 0.3) is 0 Å². The molecule has 0 bridgehead atoms. The lowest BCUT2D eigenvalue weighted by Gasteiger charge is -2.37. The van der Waals surface area contributed by atoms with Crippen LogP contribution in [-0.2, 0) is 4.65 Å². The molecule has 0 spiro atoms. The predicted octanol–water partition coefficient (Wildman–Crippen LogP) is 8.61. The minimum Gasteiger partial charge on any atom is -0.427 e. The topological polar surface area (TPSA) is 55.2 Å². The van der Waals surface area contributed by atoms with Crippen molar-refractivity contribution in [2.24, 2.45) is 0 Å². The van der Waals surface area contributed by atoms with Gasteiger partial charge in [0.05, 0.1) is 22.6 Å². The summed E-state index contributed by atoms with van der Waals surface area (Å²) in [6, 6.07) is 34.3. The van der Waals surface area contributed by atoms with E-state index < -0.39 is 11.2 Å². The monoisotopic (exact) mass is 582 g/mol. The lowest BCUT2D eigenvalue weighted by Crippen LogP contribution is -2.49. The molecule has 0 atom stereocenters. The van der Waals surface area contributed by atoms with Crippen molar-refractivity contribution in [1.82, 2.24) is 9.97 Å². The van der Waals surface area contributed by atoms with Gasteiger partial charge in [-0.1, -0.05) is 111 Å². The van der Waals surface area contributed by atoms with E-state index in [1.807, 2.05) is 13.8 Å². The minimum atomic E-state index is -0.966. The van der Waals surface area contributed by atoms with Crippen molar-refractivity contribution >= 4 is 23.7 Å². The Kier molecular flexibility index (Phi) is 8.71. The van der Waals surface area contributed by atoms with E-state index in [2.05, 4.69) is 97.1 Å². The summed E-state index contributed by atoms with van der Waals surface area (Å²) in [5.74, 6) is 1.34. The van der Waals surface area contributed by atoms with E-state index in [-0.39, 0.29) is 0 Å². The van der Waals surface area contributed by atoms with Gasteiger partial charge < -0.3 is 9.76 Å². The number of nitrogens with zero attached hydrogens (tertiary/aromatic N) is 2. The normalized spacial score (nSPS) is 14.8. The van der Waals surface area contributed by atoms with Crippen LogP contribution in [0, 0.1) is 0 Å². The average molecular weight is 583 g/mol. The molecular weight excluding hydrogens is 539 g/mol. The number of benzene rings is 4. The van der Waals surface area contributed by atoms with Crippen LogP contribution in [0.1, 0.15) is 78.0 Å². The van der Waals surface area contributed by atoms with Gasteiger partial charge >= 0.3 is 7.48 Å². The largest absolute Gasteiger partial charge is 0.427 e. The van der Waals surface area contributed by atoms with Gasteiger partial charge in [-0.3, -0.25) is 0 Å². The van der Waals surface area contributed by atoms with Crippen LogP contribution in [0.5, 0.6) is 0 Å². The van der Waals surface area contributed by atoms with Crippen LogP contribution in [0.25, 0.3) is 44.4 Å². The molecule has 4 aromatic carbocycles. The van der Waals surface area contributed by atoms with Gasteiger partial charge in [-0.25, -0.2) is 9.97 Å². The van der Waals surface area contributed by atoms with E-state index in [0.29, 0.717) is 13.4 Å². The zero-order valence-corrected chi connectivity index (χ0v) is 26.5.